The third-order valence-corrected chi connectivity index (χ3v) is 3.76. The molecule has 1 heterocycles. The van der Waals surface area contributed by atoms with Crippen molar-refractivity contribution >= 4 is 10.4 Å². The lowest BCUT2D eigenvalue weighted by Crippen LogP contribution is -2.28. The third-order valence-electron chi connectivity index (χ3n) is 3.24. The van der Waals surface area contributed by atoms with Crippen molar-refractivity contribution in [3.63, 3.8) is 0 Å². The van der Waals surface area contributed by atoms with E-state index >= 15 is 0 Å². The van der Waals surface area contributed by atoms with Crippen LogP contribution in [-0.4, -0.2) is 52.4 Å². The molecule has 2 N–H and O–H groups in total. The zero-order valence-corrected chi connectivity index (χ0v) is 14.4. The van der Waals surface area contributed by atoms with Crippen LogP contribution in [0.5, 0.6) is 0 Å². The molecule has 1 aromatic heterocycles. The number of benzene rings is 1. The number of nitrogens with zero attached hydrogens (tertiary/aromatic N) is 3. The molecule has 9 nitrogen and oxygen atoms in total. The van der Waals surface area contributed by atoms with E-state index in [-0.39, 0.29) is 26.4 Å². The van der Waals surface area contributed by atoms with Crippen LogP contribution in [0.2, 0.25) is 0 Å². The zero-order chi connectivity index (χ0) is 18.1. The summed E-state index contributed by atoms with van der Waals surface area (Å²) in [6, 6.07) is 9.38. The molecule has 10 heteroatoms. The first-order valence-electron chi connectivity index (χ1n) is 7.73. The van der Waals surface area contributed by atoms with E-state index in [0.29, 0.717) is 18.5 Å². The first-order chi connectivity index (χ1) is 12.0. The van der Waals surface area contributed by atoms with Gasteiger partial charge in [0.15, 0.2) is 0 Å². The summed E-state index contributed by atoms with van der Waals surface area (Å²) >= 11 is 0. The second-order valence-electron chi connectivity index (χ2n) is 5.41. The number of aliphatic hydroxyl groups is 1. The summed E-state index contributed by atoms with van der Waals surface area (Å²) in [7, 11) is -4.62. The second-order valence-corrected chi connectivity index (χ2v) is 6.45. The van der Waals surface area contributed by atoms with Crippen molar-refractivity contribution in [2.75, 3.05) is 13.2 Å². The van der Waals surface area contributed by atoms with Crippen LogP contribution >= 0.6 is 0 Å². The van der Waals surface area contributed by atoms with Gasteiger partial charge in [-0.1, -0.05) is 35.5 Å². The van der Waals surface area contributed by atoms with Gasteiger partial charge in [-0.05, 0) is 18.4 Å². The molecule has 0 saturated carbocycles. The highest BCUT2D eigenvalue weighted by Crippen LogP contribution is 2.07. The minimum atomic E-state index is -4.62. The predicted molar refractivity (Wildman–Crippen MR) is 87.9 cm³/mol. The van der Waals surface area contributed by atoms with Gasteiger partial charge < -0.3 is 9.84 Å². The maximum absolute atomic E-state index is 11.0. The van der Waals surface area contributed by atoms with Crippen LogP contribution in [0.1, 0.15) is 17.7 Å². The number of aliphatic hydroxyl groups excluding tert-OH is 1. The molecule has 0 amide bonds. The van der Waals surface area contributed by atoms with Crippen molar-refractivity contribution in [2.45, 2.75) is 32.1 Å². The first kappa shape index (κ1) is 19.5. The summed E-state index contributed by atoms with van der Waals surface area (Å²) < 4.78 is 42.5. The summed E-state index contributed by atoms with van der Waals surface area (Å²) in [6.45, 7) is 0.321. The van der Waals surface area contributed by atoms with Gasteiger partial charge in [0, 0.05) is 12.8 Å². The fraction of sp³-hybridized carbons (Fsp3) is 0.467. The molecule has 1 aromatic carbocycles. The van der Waals surface area contributed by atoms with Crippen molar-refractivity contribution in [3.05, 3.63) is 47.8 Å². The smallest absolute Gasteiger partial charge is 0.396 e. The van der Waals surface area contributed by atoms with E-state index < -0.39 is 16.5 Å². The Morgan fingerprint density at radius 3 is 2.68 bits per heavy atom. The normalized spacial score (nSPS) is 13.0. The van der Waals surface area contributed by atoms with Gasteiger partial charge in [0.1, 0.15) is 6.10 Å². The molecular weight excluding hydrogens is 350 g/mol. The quantitative estimate of drug-likeness (QED) is 0.551. The lowest BCUT2D eigenvalue weighted by Gasteiger charge is -2.15. The molecule has 0 aliphatic heterocycles. The van der Waals surface area contributed by atoms with Crippen LogP contribution in [0.3, 0.4) is 0 Å². The average molecular weight is 371 g/mol. The molecule has 0 fully saturated rings. The molecule has 0 spiro atoms. The largest absolute Gasteiger partial charge is 0.397 e. The number of aryl methyl sites for hydroxylation is 1. The van der Waals surface area contributed by atoms with E-state index in [1.807, 2.05) is 30.3 Å². The minimum absolute atomic E-state index is 0.0424. The van der Waals surface area contributed by atoms with Crippen LogP contribution in [0.15, 0.2) is 36.5 Å². The zero-order valence-electron chi connectivity index (χ0n) is 13.6. The van der Waals surface area contributed by atoms with Crippen molar-refractivity contribution in [1.82, 2.24) is 15.0 Å². The Morgan fingerprint density at radius 2 is 2.00 bits per heavy atom. The summed E-state index contributed by atoms with van der Waals surface area (Å²) in [4.78, 5) is 0. The predicted octanol–water partition coefficient (Wildman–Crippen LogP) is 0.608. The first-order valence-corrected chi connectivity index (χ1v) is 9.10. The van der Waals surface area contributed by atoms with Gasteiger partial charge in [-0.3, -0.25) is 4.55 Å². The topological polar surface area (TPSA) is 124 Å². The monoisotopic (exact) mass is 371 g/mol. The van der Waals surface area contributed by atoms with Crippen LogP contribution < -0.4 is 0 Å². The van der Waals surface area contributed by atoms with Gasteiger partial charge in [0.25, 0.3) is 0 Å². The Labute approximate surface area is 146 Å². The fourth-order valence-corrected chi connectivity index (χ4v) is 2.64. The van der Waals surface area contributed by atoms with Crippen molar-refractivity contribution in [3.8, 4) is 0 Å². The van der Waals surface area contributed by atoms with Gasteiger partial charge in [0.2, 0.25) is 0 Å². The van der Waals surface area contributed by atoms with Crippen LogP contribution in [0, 0.1) is 0 Å². The molecule has 0 aliphatic rings. The molecule has 1 unspecified atom stereocenters. The number of aromatic nitrogens is 3. The van der Waals surface area contributed by atoms with E-state index in [2.05, 4.69) is 14.5 Å². The van der Waals surface area contributed by atoms with Crippen LogP contribution in [-0.2, 0) is 38.9 Å². The second kappa shape index (κ2) is 9.59. The summed E-state index contributed by atoms with van der Waals surface area (Å²) in [5.74, 6) is 0. The summed E-state index contributed by atoms with van der Waals surface area (Å²) in [6.07, 6.45) is 1.80. The van der Waals surface area contributed by atoms with Crippen molar-refractivity contribution in [2.24, 2.45) is 0 Å². The van der Waals surface area contributed by atoms with Crippen molar-refractivity contribution in [1.29, 1.82) is 0 Å². The Balaban J connectivity index is 1.92. The van der Waals surface area contributed by atoms with E-state index in [9.17, 15) is 8.42 Å². The maximum atomic E-state index is 11.0. The Bertz CT molecular complexity index is 735. The Kier molecular flexibility index (Phi) is 7.47. The van der Waals surface area contributed by atoms with Gasteiger partial charge >= 0.3 is 10.4 Å². The highest BCUT2D eigenvalue weighted by molar-refractivity contribution is 7.80. The lowest BCUT2D eigenvalue weighted by molar-refractivity contribution is 0.0291. The number of hydrogen-bond acceptors (Lipinski definition) is 7. The highest BCUT2D eigenvalue weighted by atomic mass is 32.3. The van der Waals surface area contributed by atoms with Gasteiger partial charge in [0.05, 0.1) is 25.5 Å². The van der Waals surface area contributed by atoms with E-state index in [1.54, 1.807) is 6.20 Å². The Morgan fingerprint density at radius 1 is 1.24 bits per heavy atom. The summed E-state index contributed by atoms with van der Waals surface area (Å²) in [5, 5.41) is 16.6. The SMILES string of the molecule is O=S(=O)(O)OC(COCc1ccccc1)Cn1cc(CCCO)nn1. The Hall–Kier alpha value is -1.85. The maximum Gasteiger partial charge on any atom is 0.397 e. The van der Waals surface area contributed by atoms with E-state index in [0.717, 1.165) is 5.56 Å². The number of hydrogen-bond donors (Lipinski definition) is 2. The molecule has 138 valence electrons. The molecule has 2 aromatic rings. The fourth-order valence-electron chi connectivity index (χ4n) is 2.18. The average Bonchev–Trinajstić information content (AvgIpc) is 3.00. The van der Waals surface area contributed by atoms with E-state index in [4.69, 9.17) is 14.4 Å². The van der Waals surface area contributed by atoms with Crippen LogP contribution in [0.25, 0.3) is 0 Å². The molecule has 2 rings (SSSR count). The molecule has 25 heavy (non-hydrogen) atoms. The van der Waals surface area contributed by atoms with E-state index in [1.165, 1.54) is 4.68 Å². The minimum Gasteiger partial charge on any atom is -0.396 e. The number of rotatable bonds is 11. The molecule has 0 bridgehead atoms. The molecule has 1 atom stereocenters. The summed E-state index contributed by atoms with van der Waals surface area (Å²) in [5.41, 5.74) is 1.60. The molecular formula is C15H21N3O6S. The highest BCUT2D eigenvalue weighted by Gasteiger charge is 2.19. The molecule has 0 radical (unpaired) electrons. The number of ether oxygens (including phenoxy) is 1. The third kappa shape index (κ3) is 7.71. The van der Waals surface area contributed by atoms with Crippen LogP contribution in [0.4, 0.5) is 0 Å². The van der Waals surface area contributed by atoms with Gasteiger partial charge in [-0.15, -0.1) is 5.10 Å². The lowest BCUT2D eigenvalue weighted by atomic mass is 10.2. The molecule has 0 saturated heterocycles. The van der Waals surface area contributed by atoms with Gasteiger partial charge in [-0.2, -0.15) is 8.42 Å². The van der Waals surface area contributed by atoms with Gasteiger partial charge in [-0.25, -0.2) is 8.86 Å². The standard InChI is InChI=1S/C15H21N3O6S/c19-8-4-7-14-9-18(17-16-14)10-15(24-25(20,21)22)12-23-11-13-5-2-1-3-6-13/h1-3,5-6,9,15,19H,4,7-8,10-12H2,(H,20,21,22). The molecule has 0 aliphatic carbocycles. The van der Waals surface area contributed by atoms with Crippen molar-refractivity contribution < 1.29 is 27.0 Å².